The van der Waals surface area contributed by atoms with Crippen molar-refractivity contribution in [2.45, 2.75) is 102 Å². The maximum Gasteiger partial charge on any atom is 0.407 e. The topological polar surface area (TPSA) is 197 Å². The summed E-state index contributed by atoms with van der Waals surface area (Å²) in [6, 6.07) is 18.7. The molecule has 2 spiro atoms. The molecule has 4 saturated heterocycles. The molecule has 0 radical (unpaired) electrons. The molecule has 6 aliphatic rings. The Morgan fingerprint density at radius 1 is 0.948 bits per heavy atom. The molecule has 2 aromatic rings. The Labute approximate surface area is 336 Å². The molecular weight excluding hydrogens is 752 g/mol. The predicted molar refractivity (Wildman–Crippen MR) is 202 cm³/mol. The number of aliphatic hydroxyl groups is 2. The van der Waals surface area contributed by atoms with Crippen molar-refractivity contribution in [1.29, 1.82) is 0 Å². The van der Waals surface area contributed by atoms with E-state index in [1.54, 1.807) is 13.0 Å². The first-order chi connectivity index (χ1) is 27.7. The van der Waals surface area contributed by atoms with Crippen molar-refractivity contribution >= 4 is 23.9 Å². The molecule has 2 aromatic carbocycles. The minimum Gasteiger partial charge on any atom is -0.459 e. The number of esters is 2. The highest BCUT2D eigenvalue weighted by Crippen LogP contribution is 2.85. The van der Waals surface area contributed by atoms with Gasteiger partial charge in [-0.25, -0.2) is 14.4 Å². The summed E-state index contributed by atoms with van der Waals surface area (Å²) >= 11 is 0. The van der Waals surface area contributed by atoms with E-state index in [1.165, 1.54) is 6.08 Å². The van der Waals surface area contributed by atoms with Gasteiger partial charge in [-0.2, -0.15) is 0 Å². The van der Waals surface area contributed by atoms with E-state index in [1.807, 2.05) is 81.4 Å². The summed E-state index contributed by atoms with van der Waals surface area (Å²) in [6.07, 6.45) is -4.15. The second-order valence-corrected chi connectivity index (χ2v) is 17.3. The van der Waals surface area contributed by atoms with Crippen LogP contribution in [0.4, 0.5) is 4.79 Å². The van der Waals surface area contributed by atoms with Gasteiger partial charge in [0.15, 0.2) is 6.10 Å². The summed E-state index contributed by atoms with van der Waals surface area (Å²) in [5.74, 6) is -3.07. The quantitative estimate of drug-likeness (QED) is 0.0943. The highest BCUT2D eigenvalue weighted by atomic mass is 16.8. The van der Waals surface area contributed by atoms with Gasteiger partial charge in [-0.05, 0) is 41.4 Å². The molecule has 2 saturated carbocycles. The van der Waals surface area contributed by atoms with E-state index in [2.05, 4.69) is 10.6 Å². The normalized spacial score (nSPS) is 37.9. The van der Waals surface area contributed by atoms with Gasteiger partial charge in [0.05, 0.1) is 42.9 Å². The van der Waals surface area contributed by atoms with Crippen molar-refractivity contribution in [1.82, 2.24) is 10.6 Å². The van der Waals surface area contributed by atoms with E-state index >= 15 is 0 Å². The van der Waals surface area contributed by atoms with Crippen molar-refractivity contribution in [3.05, 3.63) is 83.9 Å². The number of alkyl carbamates (subject to hydrolysis) is 1. The van der Waals surface area contributed by atoms with Crippen LogP contribution in [0.25, 0.3) is 0 Å². The molecule has 4 heterocycles. The van der Waals surface area contributed by atoms with Crippen molar-refractivity contribution in [2.75, 3.05) is 26.3 Å². The van der Waals surface area contributed by atoms with Crippen LogP contribution in [0.3, 0.4) is 0 Å². The summed E-state index contributed by atoms with van der Waals surface area (Å²) in [6.45, 7) is 8.91. The second-order valence-electron chi connectivity index (χ2n) is 17.3. The number of amides is 2. The Morgan fingerprint density at radius 3 is 2.28 bits per heavy atom. The van der Waals surface area contributed by atoms with Crippen LogP contribution in [-0.2, 0) is 60.8 Å². The molecule has 0 unspecified atom stereocenters. The number of nitrogens with one attached hydrogen (secondary N) is 2. The standard InChI is InChI=1S/C43H52N2O13/c1-25-28(16-11-17-31(46)44-18-20-52-21-19-45-38(50)54-24-27-14-9-6-10-15-27)55-33-32(47)41-30-22-29(39(2,3)4)40(41)34(53-23-26-12-7-5-8-13-26)35(48)57-37(40)58-43(41,36(49)56-30)42(25,33)51/h5-15,17,25,28-30,32-34,37,47,51H,16,18-24H2,1-4H3,(H,44,46)(H,45,50)/b17-11+/t25-,28+,29+,30+,32-,33-,34+,37-,40-,41-,42+,43+/m1/s1. The smallest absolute Gasteiger partial charge is 0.407 e. The Hall–Kier alpha value is -4.38. The molecule has 4 aliphatic heterocycles. The Kier molecular flexibility index (Phi) is 10.5. The SMILES string of the molecule is C[C@@H]1[C@H](C/C=C/C(=O)NCCOCCNC(=O)OCc2ccccc2)O[C@@H]2[C@@H](O)[C@]34[C@@H]5C[C@@H](C(C)(C)C)[C@@]36[C@H](OC(=O)[C@@H]6OCc3ccccc3)O[C@]4(C(=O)O5)[C@]12O. The van der Waals surface area contributed by atoms with E-state index in [0.717, 1.165) is 11.1 Å². The van der Waals surface area contributed by atoms with Crippen molar-refractivity contribution in [3.8, 4) is 0 Å². The second kappa shape index (κ2) is 15.0. The maximum atomic E-state index is 14.4. The molecule has 2 amide bonds. The minimum absolute atomic E-state index is 0.0611. The average molecular weight is 805 g/mol. The van der Waals surface area contributed by atoms with Gasteiger partial charge < -0.3 is 54.0 Å². The van der Waals surface area contributed by atoms with E-state index in [-0.39, 0.29) is 51.8 Å². The summed E-state index contributed by atoms with van der Waals surface area (Å²) < 4.78 is 42.4. The lowest BCUT2D eigenvalue weighted by Gasteiger charge is -2.49. The molecule has 6 fully saturated rings. The number of hydrogen-bond donors (Lipinski definition) is 4. The molecule has 58 heavy (non-hydrogen) atoms. The minimum atomic E-state index is -2.14. The van der Waals surface area contributed by atoms with Crippen LogP contribution in [0, 0.1) is 28.1 Å². The highest BCUT2D eigenvalue weighted by Gasteiger charge is 3.03. The Morgan fingerprint density at radius 2 is 1.60 bits per heavy atom. The Balaban J connectivity index is 0.913. The van der Waals surface area contributed by atoms with Gasteiger partial charge in [0, 0.05) is 19.0 Å². The van der Waals surface area contributed by atoms with E-state index in [4.69, 9.17) is 33.2 Å². The maximum absolute atomic E-state index is 14.4. The molecule has 15 nitrogen and oxygen atoms in total. The largest absolute Gasteiger partial charge is 0.459 e. The third-order valence-corrected chi connectivity index (χ3v) is 13.5. The summed E-state index contributed by atoms with van der Waals surface area (Å²) in [4.78, 5) is 52.7. The lowest BCUT2D eigenvalue weighted by atomic mass is 9.50. The first-order valence-electron chi connectivity index (χ1n) is 20.0. The van der Waals surface area contributed by atoms with Gasteiger partial charge in [-0.15, -0.1) is 0 Å². The monoisotopic (exact) mass is 804 g/mol. The molecule has 0 bridgehead atoms. The van der Waals surface area contributed by atoms with Crippen LogP contribution in [-0.4, -0.2) is 108 Å². The lowest BCUT2D eigenvalue weighted by molar-refractivity contribution is -0.240. The van der Waals surface area contributed by atoms with Crippen LogP contribution in [0.1, 0.15) is 51.7 Å². The van der Waals surface area contributed by atoms with Crippen LogP contribution in [0.5, 0.6) is 0 Å². The third kappa shape index (κ3) is 5.75. The molecule has 12 atom stereocenters. The number of fused-ring (bicyclic) bond motifs is 1. The third-order valence-electron chi connectivity index (χ3n) is 13.5. The number of carbonyl (C=O) groups excluding carboxylic acids is 4. The molecule has 4 N–H and O–H groups in total. The van der Waals surface area contributed by atoms with Gasteiger partial charge in [0.1, 0.15) is 24.4 Å². The molecule has 8 rings (SSSR count). The van der Waals surface area contributed by atoms with Crippen LogP contribution >= 0.6 is 0 Å². The van der Waals surface area contributed by atoms with Crippen molar-refractivity contribution in [2.24, 2.45) is 28.1 Å². The number of rotatable bonds is 14. The molecular formula is C43H52N2O13. The predicted octanol–water partition coefficient (Wildman–Crippen LogP) is 2.70. The fourth-order valence-electron chi connectivity index (χ4n) is 11.3. The first-order valence-corrected chi connectivity index (χ1v) is 20.0. The zero-order chi connectivity index (χ0) is 41.1. The fourth-order valence-corrected chi connectivity index (χ4v) is 11.3. The van der Waals surface area contributed by atoms with Gasteiger partial charge >= 0.3 is 18.0 Å². The van der Waals surface area contributed by atoms with Crippen LogP contribution in [0.15, 0.2) is 72.8 Å². The fraction of sp³-hybridized carbons (Fsp3) is 0.581. The van der Waals surface area contributed by atoms with Crippen molar-refractivity contribution < 1.29 is 62.5 Å². The Bertz CT molecular complexity index is 1920. The zero-order valence-electron chi connectivity index (χ0n) is 33.1. The van der Waals surface area contributed by atoms with Gasteiger partial charge in [-0.1, -0.05) is 94.4 Å². The number of hydrogen-bond acceptors (Lipinski definition) is 13. The average Bonchev–Trinajstić information content (AvgIpc) is 3.93. The molecule has 15 heteroatoms. The highest BCUT2D eigenvalue weighted by molar-refractivity contribution is 5.91. The van der Waals surface area contributed by atoms with E-state index < -0.39 is 94.1 Å². The summed E-state index contributed by atoms with van der Waals surface area (Å²) in [7, 11) is 0. The van der Waals surface area contributed by atoms with Crippen molar-refractivity contribution in [3.63, 3.8) is 0 Å². The number of aliphatic hydroxyl groups excluding tert-OH is 1. The zero-order valence-corrected chi connectivity index (χ0v) is 33.1. The number of benzene rings is 2. The van der Waals surface area contributed by atoms with Crippen LogP contribution in [0.2, 0.25) is 0 Å². The summed E-state index contributed by atoms with van der Waals surface area (Å²) in [5, 5.41) is 31.0. The van der Waals surface area contributed by atoms with E-state index in [0.29, 0.717) is 6.42 Å². The summed E-state index contributed by atoms with van der Waals surface area (Å²) in [5.41, 5.74) is -6.10. The number of carbonyl (C=O) groups is 4. The molecule has 2 aliphatic carbocycles. The van der Waals surface area contributed by atoms with Gasteiger partial charge in [0.2, 0.25) is 17.8 Å². The molecule has 0 aromatic heterocycles. The number of ether oxygens (including phenoxy) is 7. The van der Waals surface area contributed by atoms with E-state index in [9.17, 15) is 29.4 Å². The van der Waals surface area contributed by atoms with Gasteiger partial charge in [-0.3, -0.25) is 4.79 Å². The molecule has 312 valence electrons. The first kappa shape index (κ1) is 40.4. The van der Waals surface area contributed by atoms with Gasteiger partial charge in [0.25, 0.3) is 0 Å². The van der Waals surface area contributed by atoms with Crippen LogP contribution < -0.4 is 10.6 Å². The lowest BCUT2D eigenvalue weighted by Crippen LogP contribution is -2.67.